The SMILES string of the molecule is C[C@@H]1OCC2(CCN(c3cnc(Sc4ccnc(C#Cc5cn(C)cn5)c4Cl)c(N)n3)CC2)[C@@H]1N. The van der Waals surface area contributed by atoms with Crippen LogP contribution in [0.2, 0.25) is 5.02 Å². The highest BCUT2D eigenvalue weighted by molar-refractivity contribution is 7.99. The van der Waals surface area contributed by atoms with E-state index in [0.717, 1.165) is 43.3 Å². The second-order valence-corrected chi connectivity index (χ2v) is 10.5. The summed E-state index contributed by atoms with van der Waals surface area (Å²) >= 11 is 7.93. The van der Waals surface area contributed by atoms with Crippen LogP contribution in [0.1, 0.15) is 31.2 Å². The molecule has 35 heavy (non-hydrogen) atoms. The molecule has 0 saturated carbocycles. The number of aromatic nitrogens is 5. The monoisotopic (exact) mass is 510 g/mol. The fraction of sp³-hybridized carbons (Fsp3) is 0.417. The first-order chi connectivity index (χ1) is 16.8. The van der Waals surface area contributed by atoms with Crippen LogP contribution in [0.4, 0.5) is 11.6 Å². The molecule has 5 rings (SSSR count). The molecule has 182 valence electrons. The molecule has 0 unspecified atom stereocenters. The summed E-state index contributed by atoms with van der Waals surface area (Å²) in [5.74, 6) is 7.09. The average molecular weight is 511 g/mol. The molecular formula is C24H27ClN8OS. The Balaban J connectivity index is 1.28. The molecule has 2 aliphatic rings. The summed E-state index contributed by atoms with van der Waals surface area (Å²) in [7, 11) is 1.89. The van der Waals surface area contributed by atoms with Crippen LogP contribution in [0, 0.1) is 17.3 Å². The van der Waals surface area contributed by atoms with Gasteiger partial charge in [-0.1, -0.05) is 23.4 Å². The number of imidazole rings is 1. The van der Waals surface area contributed by atoms with Crippen LogP contribution in [0.15, 0.2) is 40.9 Å². The van der Waals surface area contributed by atoms with E-state index < -0.39 is 0 Å². The summed E-state index contributed by atoms with van der Waals surface area (Å²) in [5, 5.41) is 1.02. The predicted molar refractivity (Wildman–Crippen MR) is 136 cm³/mol. The van der Waals surface area contributed by atoms with Crippen LogP contribution in [-0.4, -0.2) is 56.3 Å². The standard InChI is InChI=1S/C24H27ClN8OS/c1-15-21(26)24(13-34-15)6-9-33(10-7-24)19-11-29-23(22(27)31-19)35-18-5-8-28-17(20(18)25)4-3-16-12-32(2)14-30-16/h5,8,11-12,14-15,21H,6-7,9-10,13,26H2,1-2H3,(H2,27,31)/t15-,21+/m0/s1. The largest absolute Gasteiger partial charge is 0.381 e. The summed E-state index contributed by atoms with van der Waals surface area (Å²) in [6.45, 7) is 4.48. The van der Waals surface area contributed by atoms with Crippen molar-refractivity contribution in [3.05, 3.63) is 47.4 Å². The molecule has 0 aromatic carbocycles. The van der Waals surface area contributed by atoms with Gasteiger partial charge in [-0.05, 0) is 37.7 Å². The summed E-state index contributed by atoms with van der Waals surface area (Å²) < 4.78 is 7.66. The lowest BCUT2D eigenvalue weighted by molar-refractivity contribution is 0.0974. The van der Waals surface area contributed by atoms with Gasteiger partial charge in [0.2, 0.25) is 0 Å². The first-order valence-corrected chi connectivity index (χ1v) is 12.6. The topological polar surface area (TPSA) is 121 Å². The van der Waals surface area contributed by atoms with Crippen molar-refractivity contribution in [2.24, 2.45) is 18.2 Å². The normalized spacial score (nSPS) is 21.2. The molecule has 2 fully saturated rings. The van der Waals surface area contributed by atoms with Crippen LogP contribution in [0.5, 0.6) is 0 Å². The number of hydrogen-bond donors (Lipinski definition) is 2. The van der Waals surface area contributed by atoms with Crippen molar-refractivity contribution in [3.63, 3.8) is 0 Å². The Kier molecular flexibility index (Phi) is 6.59. The van der Waals surface area contributed by atoms with Crippen LogP contribution in [0.25, 0.3) is 0 Å². The number of nitrogens with zero attached hydrogens (tertiary/aromatic N) is 6. The molecule has 0 bridgehead atoms. The van der Waals surface area contributed by atoms with Gasteiger partial charge in [-0.25, -0.2) is 19.9 Å². The van der Waals surface area contributed by atoms with E-state index in [4.69, 9.17) is 27.8 Å². The van der Waals surface area contributed by atoms with Gasteiger partial charge in [0.25, 0.3) is 0 Å². The Bertz CT molecular complexity index is 1290. The first kappa shape index (κ1) is 23.9. The Labute approximate surface area is 213 Å². The van der Waals surface area contributed by atoms with E-state index in [1.54, 1.807) is 18.7 Å². The van der Waals surface area contributed by atoms with Crippen LogP contribution < -0.4 is 16.4 Å². The van der Waals surface area contributed by atoms with Crippen molar-refractivity contribution in [1.29, 1.82) is 0 Å². The van der Waals surface area contributed by atoms with Crippen LogP contribution >= 0.6 is 23.4 Å². The highest BCUT2D eigenvalue weighted by atomic mass is 35.5. The number of ether oxygens (including phenoxy) is 1. The number of pyridine rings is 1. The molecule has 4 N–H and O–H groups in total. The lowest BCUT2D eigenvalue weighted by Crippen LogP contribution is -2.50. The van der Waals surface area contributed by atoms with Crippen molar-refractivity contribution >= 4 is 35.0 Å². The van der Waals surface area contributed by atoms with Gasteiger partial charge in [0.1, 0.15) is 22.2 Å². The summed E-state index contributed by atoms with van der Waals surface area (Å²) in [6, 6.07) is 1.88. The van der Waals surface area contributed by atoms with E-state index in [2.05, 4.69) is 43.6 Å². The Morgan fingerprint density at radius 1 is 1.23 bits per heavy atom. The van der Waals surface area contributed by atoms with Gasteiger partial charge in [-0.2, -0.15) is 0 Å². The first-order valence-electron chi connectivity index (χ1n) is 11.4. The number of aryl methyl sites for hydroxylation is 1. The van der Waals surface area contributed by atoms with E-state index in [1.165, 1.54) is 11.8 Å². The molecule has 2 aliphatic heterocycles. The number of piperidine rings is 1. The number of hydrogen-bond acceptors (Lipinski definition) is 9. The Hall–Kier alpha value is -2.84. The lowest BCUT2D eigenvalue weighted by atomic mass is 9.73. The van der Waals surface area contributed by atoms with Gasteiger partial charge in [0, 0.05) is 48.9 Å². The smallest absolute Gasteiger partial charge is 0.158 e. The Morgan fingerprint density at radius 3 is 2.69 bits per heavy atom. The lowest BCUT2D eigenvalue weighted by Gasteiger charge is -2.41. The fourth-order valence-electron chi connectivity index (χ4n) is 4.56. The molecule has 2 atom stereocenters. The molecule has 0 amide bonds. The molecule has 1 spiro atoms. The van der Waals surface area contributed by atoms with Crippen LogP contribution in [0.3, 0.4) is 0 Å². The maximum absolute atomic E-state index is 6.59. The molecule has 9 nitrogen and oxygen atoms in total. The zero-order valence-electron chi connectivity index (χ0n) is 19.6. The molecule has 0 radical (unpaired) electrons. The maximum Gasteiger partial charge on any atom is 0.158 e. The zero-order chi connectivity index (χ0) is 24.6. The number of nitrogens with two attached hydrogens (primary N) is 2. The summed E-state index contributed by atoms with van der Waals surface area (Å²) in [6.07, 6.45) is 8.98. The number of halogens is 1. The maximum atomic E-state index is 6.59. The van der Waals surface area contributed by atoms with E-state index in [-0.39, 0.29) is 17.6 Å². The predicted octanol–water partition coefficient (Wildman–Crippen LogP) is 2.72. The van der Waals surface area contributed by atoms with Crippen molar-refractivity contribution in [3.8, 4) is 11.8 Å². The molecule has 2 saturated heterocycles. The third-order valence-corrected chi connectivity index (χ3v) is 8.32. The van der Waals surface area contributed by atoms with E-state index >= 15 is 0 Å². The zero-order valence-corrected chi connectivity index (χ0v) is 21.2. The molecule has 0 aliphatic carbocycles. The molecule has 11 heteroatoms. The number of nitrogen functional groups attached to an aromatic ring is 1. The number of rotatable bonds is 3. The highest BCUT2D eigenvalue weighted by Crippen LogP contribution is 2.42. The minimum atomic E-state index is 0.0555. The average Bonchev–Trinajstić information content (AvgIpc) is 3.39. The molecule has 3 aromatic rings. The number of anilines is 2. The van der Waals surface area contributed by atoms with Crippen LogP contribution in [-0.2, 0) is 11.8 Å². The van der Waals surface area contributed by atoms with E-state index in [1.807, 2.05) is 23.9 Å². The van der Waals surface area contributed by atoms with Gasteiger partial charge < -0.3 is 25.7 Å². The van der Waals surface area contributed by atoms with E-state index in [9.17, 15) is 0 Å². The van der Waals surface area contributed by atoms with Gasteiger partial charge in [0.15, 0.2) is 5.82 Å². The third-order valence-electron chi connectivity index (χ3n) is 6.76. The minimum Gasteiger partial charge on any atom is -0.381 e. The van der Waals surface area contributed by atoms with Crippen molar-refractivity contribution < 1.29 is 4.74 Å². The van der Waals surface area contributed by atoms with E-state index in [0.29, 0.717) is 27.3 Å². The third kappa shape index (κ3) is 4.82. The highest BCUT2D eigenvalue weighted by Gasteiger charge is 2.47. The van der Waals surface area contributed by atoms with Gasteiger partial charge >= 0.3 is 0 Å². The second-order valence-electron chi connectivity index (χ2n) is 9.06. The van der Waals surface area contributed by atoms with Gasteiger partial charge in [-0.15, -0.1) is 0 Å². The minimum absolute atomic E-state index is 0.0555. The molecular weight excluding hydrogens is 484 g/mol. The molecule has 5 heterocycles. The summed E-state index contributed by atoms with van der Waals surface area (Å²) in [5.41, 5.74) is 13.9. The van der Waals surface area contributed by atoms with Crippen molar-refractivity contribution in [1.82, 2.24) is 24.5 Å². The second kappa shape index (κ2) is 9.66. The molecule has 3 aromatic heterocycles. The Morgan fingerprint density at radius 2 is 2.03 bits per heavy atom. The summed E-state index contributed by atoms with van der Waals surface area (Å²) in [4.78, 5) is 20.7. The fourth-order valence-corrected chi connectivity index (χ4v) is 5.62. The van der Waals surface area contributed by atoms with Crippen molar-refractivity contribution in [2.45, 2.75) is 41.8 Å². The van der Waals surface area contributed by atoms with Crippen molar-refractivity contribution in [2.75, 3.05) is 30.3 Å². The van der Waals surface area contributed by atoms with Gasteiger partial charge in [0.05, 0.1) is 30.3 Å². The van der Waals surface area contributed by atoms with Gasteiger partial charge in [-0.3, -0.25) is 0 Å². The quantitative estimate of drug-likeness (QED) is 0.512.